The second-order valence-corrected chi connectivity index (χ2v) is 5.06. The Bertz CT molecular complexity index is 537. The van der Waals surface area contributed by atoms with Gasteiger partial charge in [-0.05, 0) is 29.7 Å². The molecular weight excluding hydrogens is 236 g/mol. The van der Waals surface area contributed by atoms with Gasteiger partial charge in [0, 0.05) is 0 Å². The summed E-state index contributed by atoms with van der Waals surface area (Å²) in [5.41, 5.74) is 1.45. The lowest BCUT2D eigenvalue weighted by Gasteiger charge is -2.17. The van der Waals surface area contributed by atoms with Crippen molar-refractivity contribution in [3.05, 3.63) is 23.8 Å². The van der Waals surface area contributed by atoms with Gasteiger partial charge in [-0.15, -0.1) is 4.40 Å². The number of anilines is 1. The zero-order valence-corrected chi connectivity index (χ0v) is 9.56. The van der Waals surface area contributed by atoms with Gasteiger partial charge in [-0.2, -0.15) is 8.42 Å². The molecule has 0 amide bonds. The van der Waals surface area contributed by atoms with E-state index in [-0.39, 0.29) is 10.2 Å². The summed E-state index contributed by atoms with van der Waals surface area (Å²) in [6, 6.07) is 5.08. The van der Waals surface area contributed by atoms with E-state index in [1.807, 2.05) is 13.0 Å². The largest absolute Gasteiger partial charge is 0.328 e. The summed E-state index contributed by atoms with van der Waals surface area (Å²) < 4.78 is 26.7. The number of hydrogen-bond acceptors (Lipinski definition) is 3. The molecule has 0 radical (unpaired) electrons. The SMILES string of the molecule is CCc1cccc2c1NC(Cl)=NS2(=O)=O. The third-order valence-electron chi connectivity index (χ3n) is 2.20. The quantitative estimate of drug-likeness (QED) is 0.769. The molecule has 4 nitrogen and oxygen atoms in total. The molecule has 6 heteroatoms. The van der Waals surface area contributed by atoms with Gasteiger partial charge in [-0.1, -0.05) is 19.1 Å². The lowest BCUT2D eigenvalue weighted by molar-refractivity contribution is 0.598. The molecule has 1 aromatic carbocycles. The Morgan fingerprint density at radius 2 is 2.20 bits per heavy atom. The Balaban J connectivity index is 2.73. The first-order chi connectivity index (χ1) is 7.04. The Kier molecular flexibility index (Phi) is 2.44. The van der Waals surface area contributed by atoms with Crippen molar-refractivity contribution in [3.63, 3.8) is 0 Å². The highest BCUT2D eigenvalue weighted by molar-refractivity contribution is 7.90. The van der Waals surface area contributed by atoms with Gasteiger partial charge in [0.05, 0.1) is 5.69 Å². The molecule has 0 aliphatic carbocycles. The Labute approximate surface area is 93.0 Å². The number of fused-ring (bicyclic) bond motifs is 1. The third kappa shape index (κ3) is 1.72. The lowest BCUT2D eigenvalue weighted by atomic mass is 10.1. The summed E-state index contributed by atoms with van der Waals surface area (Å²) in [4.78, 5) is 0.186. The predicted molar refractivity (Wildman–Crippen MR) is 59.9 cm³/mol. The van der Waals surface area contributed by atoms with E-state index in [4.69, 9.17) is 11.6 Å². The molecule has 0 spiro atoms. The fourth-order valence-corrected chi connectivity index (χ4v) is 2.92. The molecule has 0 saturated carbocycles. The maximum Gasteiger partial charge on any atom is 0.287 e. The highest BCUT2D eigenvalue weighted by atomic mass is 35.5. The second kappa shape index (κ2) is 3.50. The lowest BCUT2D eigenvalue weighted by Crippen LogP contribution is -2.18. The molecule has 0 atom stereocenters. The van der Waals surface area contributed by atoms with Gasteiger partial charge in [0.1, 0.15) is 4.90 Å². The van der Waals surface area contributed by atoms with Gasteiger partial charge < -0.3 is 5.32 Å². The molecule has 1 heterocycles. The number of nitrogens with one attached hydrogen (secondary N) is 1. The maximum absolute atomic E-state index is 11.6. The van der Waals surface area contributed by atoms with E-state index in [1.165, 1.54) is 6.07 Å². The first-order valence-corrected chi connectivity index (χ1v) is 6.26. The normalized spacial score (nSPS) is 17.6. The molecule has 1 N–H and O–H groups in total. The molecule has 1 aliphatic rings. The van der Waals surface area contributed by atoms with Crippen LogP contribution in [-0.2, 0) is 16.4 Å². The summed E-state index contributed by atoms with van der Waals surface area (Å²) in [6.07, 6.45) is 0.732. The van der Waals surface area contributed by atoms with Crippen LogP contribution in [0.3, 0.4) is 0 Å². The van der Waals surface area contributed by atoms with Crippen molar-refractivity contribution >= 4 is 32.6 Å². The van der Waals surface area contributed by atoms with Crippen molar-refractivity contribution in [3.8, 4) is 0 Å². The van der Waals surface area contributed by atoms with E-state index in [2.05, 4.69) is 9.71 Å². The van der Waals surface area contributed by atoms with E-state index in [1.54, 1.807) is 6.07 Å². The summed E-state index contributed by atoms with van der Waals surface area (Å²) >= 11 is 5.62. The molecule has 0 unspecified atom stereocenters. The molecule has 0 fully saturated rings. The van der Waals surface area contributed by atoms with Crippen LogP contribution in [0.1, 0.15) is 12.5 Å². The summed E-state index contributed by atoms with van der Waals surface area (Å²) in [5.74, 6) is 0. The number of para-hydroxylation sites is 1. The van der Waals surface area contributed by atoms with Crippen LogP contribution in [-0.4, -0.2) is 13.7 Å². The fraction of sp³-hybridized carbons (Fsp3) is 0.222. The molecule has 1 aliphatic heterocycles. The van der Waals surface area contributed by atoms with Crippen molar-refractivity contribution in [1.29, 1.82) is 0 Å². The number of nitrogens with zero attached hydrogens (tertiary/aromatic N) is 1. The Morgan fingerprint density at radius 1 is 1.47 bits per heavy atom. The molecular formula is C9H9ClN2O2S. The van der Waals surface area contributed by atoms with Crippen LogP contribution in [0.25, 0.3) is 0 Å². The van der Waals surface area contributed by atoms with Gasteiger partial charge in [-0.25, -0.2) is 0 Å². The average Bonchev–Trinajstić information content (AvgIpc) is 2.15. The van der Waals surface area contributed by atoms with Gasteiger partial charge in [0.25, 0.3) is 10.0 Å². The summed E-state index contributed by atoms with van der Waals surface area (Å²) in [7, 11) is -3.63. The minimum atomic E-state index is -3.63. The number of aryl methyl sites for hydroxylation is 1. The Hall–Kier alpha value is -1.07. The van der Waals surface area contributed by atoms with Gasteiger partial charge in [-0.3, -0.25) is 0 Å². The van der Waals surface area contributed by atoms with Gasteiger partial charge in [0.2, 0.25) is 5.29 Å². The van der Waals surface area contributed by atoms with Crippen molar-refractivity contribution in [2.75, 3.05) is 5.32 Å². The fourth-order valence-electron chi connectivity index (χ4n) is 1.51. The van der Waals surface area contributed by atoms with E-state index >= 15 is 0 Å². The van der Waals surface area contributed by atoms with Crippen molar-refractivity contribution in [2.45, 2.75) is 18.2 Å². The number of sulfonamides is 1. The van der Waals surface area contributed by atoms with Crippen molar-refractivity contribution in [1.82, 2.24) is 0 Å². The van der Waals surface area contributed by atoms with E-state index in [0.29, 0.717) is 5.69 Å². The van der Waals surface area contributed by atoms with Crippen molar-refractivity contribution in [2.24, 2.45) is 4.40 Å². The number of amidine groups is 1. The number of hydrogen-bond donors (Lipinski definition) is 1. The minimum absolute atomic E-state index is 0.108. The van der Waals surface area contributed by atoms with E-state index in [0.717, 1.165) is 12.0 Å². The highest BCUT2D eigenvalue weighted by Crippen LogP contribution is 2.31. The van der Waals surface area contributed by atoms with Crippen LogP contribution >= 0.6 is 11.6 Å². The average molecular weight is 245 g/mol. The molecule has 0 aromatic heterocycles. The molecule has 1 aromatic rings. The van der Waals surface area contributed by atoms with E-state index < -0.39 is 10.0 Å². The first kappa shape index (κ1) is 10.4. The Morgan fingerprint density at radius 3 is 2.87 bits per heavy atom. The second-order valence-electron chi connectivity index (χ2n) is 3.13. The number of halogens is 1. The van der Waals surface area contributed by atoms with Crippen LogP contribution in [0.4, 0.5) is 5.69 Å². The van der Waals surface area contributed by atoms with Crippen LogP contribution < -0.4 is 5.32 Å². The van der Waals surface area contributed by atoms with Crippen molar-refractivity contribution < 1.29 is 8.42 Å². The first-order valence-electron chi connectivity index (χ1n) is 4.44. The predicted octanol–water partition coefficient (Wildman–Crippen LogP) is 1.96. The maximum atomic E-state index is 11.6. The zero-order chi connectivity index (χ0) is 11.1. The summed E-state index contributed by atoms with van der Waals surface area (Å²) in [5, 5.41) is 2.66. The number of rotatable bonds is 1. The zero-order valence-electron chi connectivity index (χ0n) is 7.99. The van der Waals surface area contributed by atoms with Gasteiger partial charge >= 0.3 is 0 Å². The van der Waals surface area contributed by atoms with E-state index in [9.17, 15) is 8.42 Å². The molecule has 2 rings (SSSR count). The highest BCUT2D eigenvalue weighted by Gasteiger charge is 2.25. The van der Waals surface area contributed by atoms with Gasteiger partial charge in [0.15, 0.2) is 0 Å². The topological polar surface area (TPSA) is 58.5 Å². The molecule has 80 valence electrons. The summed E-state index contributed by atoms with van der Waals surface area (Å²) in [6.45, 7) is 1.95. The van der Waals surface area contributed by atoms with Crippen LogP contribution in [0.2, 0.25) is 0 Å². The minimum Gasteiger partial charge on any atom is -0.328 e. The van der Waals surface area contributed by atoms with Crippen LogP contribution in [0, 0.1) is 0 Å². The molecule has 15 heavy (non-hydrogen) atoms. The third-order valence-corrected chi connectivity index (χ3v) is 3.80. The monoisotopic (exact) mass is 244 g/mol. The molecule has 0 saturated heterocycles. The number of benzene rings is 1. The smallest absolute Gasteiger partial charge is 0.287 e. The standard InChI is InChI=1S/C9H9ClN2O2S/c1-2-6-4-3-5-7-8(6)11-9(10)12-15(7,13)14/h3-5H,2H2,1H3,(H,11,12). The van der Waals surface area contributed by atoms with Crippen LogP contribution in [0.5, 0.6) is 0 Å². The van der Waals surface area contributed by atoms with Crippen LogP contribution in [0.15, 0.2) is 27.5 Å². The molecule has 0 bridgehead atoms.